The summed E-state index contributed by atoms with van der Waals surface area (Å²) < 4.78 is 31.9. The molecule has 3 rings (SSSR count). The van der Waals surface area contributed by atoms with Crippen LogP contribution in [0.15, 0.2) is 18.2 Å². The van der Waals surface area contributed by atoms with E-state index in [-0.39, 0.29) is 36.6 Å². The summed E-state index contributed by atoms with van der Waals surface area (Å²) in [4.78, 5) is 12.0. The van der Waals surface area contributed by atoms with Crippen LogP contribution >= 0.6 is 12.4 Å². The zero-order valence-corrected chi connectivity index (χ0v) is 13.8. The lowest BCUT2D eigenvalue weighted by molar-refractivity contribution is -0.123. The van der Waals surface area contributed by atoms with Crippen molar-refractivity contribution >= 4 is 18.3 Å². The monoisotopic (exact) mass is 362 g/mol. The number of carbonyl (C=O) groups excluding carboxylic acids is 1. The standard InChI is InChI=1S/C15H20F2N4O2.ClH/c16-10-3-9(4-11(17)5-10)13-7-14(21-20-13)19-15(22)6-12-8-23-2-1-18-12;/h3-5,12-14,18,20-21H,1-2,6-8H2,(H,19,22);1H. The third-order valence-electron chi connectivity index (χ3n) is 3.96. The molecule has 9 heteroatoms. The maximum absolute atomic E-state index is 13.3. The number of carbonyl (C=O) groups is 1. The quantitative estimate of drug-likeness (QED) is 0.636. The molecule has 4 N–H and O–H groups in total. The van der Waals surface area contributed by atoms with Gasteiger partial charge in [0.1, 0.15) is 11.6 Å². The van der Waals surface area contributed by atoms with E-state index in [9.17, 15) is 13.6 Å². The molecule has 134 valence electrons. The fourth-order valence-corrected chi connectivity index (χ4v) is 2.87. The second kappa shape index (κ2) is 8.68. The first-order valence-electron chi connectivity index (χ1n) is 7.67. The molecule has 2 aliphatic rings. The molecule has 0 aliphatic carbocycles. The third-order valence-corrected chi connectivity index (χ3v) is 3.96. The molecular weight excluding hydrogens is 342 g/mol. The van der Waals surface area contributed by atoms with E-state index in [2.05, 4.69) is 21.5 Å². The Bertz CT molecular complexity index is 552. The maximum atomic E-state index is 13.3. The minimum Gasteiger partial charge on any atom is -0.378 e. The van der Waals surface area contributed by atoms with E-state index in [1.165, 1.54) is 12.1 Å². The predicted octanol–water partition coefficient (Wildman–Crippen LogP) is 0.746. The van der Waals surface area contributed by atoms with Crippen LogP contribution in [-0.4, -0.2) is 37.9 Å². The Morgan fingerprint density at radius 2 is 2.00 bits per heavy atom. The average Bonchev–Trinajstić information content (AvgIpc) is 2.95. The van der Waals surface area contributed by atoms with Crippen molar-refractivity contribution in [3.05, 3.63) is 35.4 Å². The zero-order valence-electron chi connectivity index (χ0n) is 13.0. The molecular formula is C15H21ClF2N4O2. The van der Waals surface area contributed by atoms with Crippen molar-refractivity contribution in [2.45, 2.75) is 31.1 Å². The van der Waals surface area contributed by atoms with Crippen LogP contribution in [0.25, 0.3) is 0 Å². The number of hydrogen-bond acceptors (Lipinski definition) is 5. The second-order valence-corrected chi connectivity index (χ2v) is 5.83. The first-order chi connectivity index (χ1) is 11.1. The summed E-state index contributed by atoms with van der Waals surface area (Å²) in [5.41, 5.74) is 6.39. The van der Waals surface area contributed by atoms with Crippen LogP contribution in [0.1, 0.15) is 24.4 Å². The summed E-state index contributed by atoms with van der Waals surface area (Å²) in [6, 6.07) is 3.17. The molecule has 24 heavy (non-hydrogen) atoms. The Labute approximate surface area is 145 Å². The Balaban J connectivity index is 0.00000208. The summed E-state index contributed by atoms with van der Waals surface area (Å²) >= 11 is 0. The molecule has 0 bridgehead atoms. The molecule has 2 saturated heterocycles. The number of benzene rings is 1. The van der Waals surface area contributed by atoms with Gasteiger partial charge in [-0.15, -0.1) is 12.4 Å². The number of ether oxygens (including phenoxy) is 1. The first-order valence-corrected chi connectivity index (χ1v) is 7.67. The van der Waals surface area contributed by atoms with Crippen LogP contribution in [0.2, 0.25) is 0 Å². The highest BCUT2D eigenvalue weighted by Crippen LogP contribution is 2.23. The van der Waals surface area contributed by atoms with E-state index in [1.807, 2.05) is 0 Å². The van der Waals surface area contributed by atoms with Crippen molar-refractivity contribution in [2.24, 2.45) is 0 Å². The number of nitrogens with one attached hydrogen (secondary N) is 4. The number of morpholine rings is 1. The van der Waals surface area contributed by atoms with Crippen LogP contribution < -0.4 is 21.5 Å². The summed E-state index contributed by atoms with van der Waals surface area (Å²) in [6.45, 7) is 1.93. The van der Waals surface area contributed by atoms with Crippen molar-refractivity contribution in [3.63, 3.8) is 0 Å². The Kier molecular flexibility index (Phi) is 6.88. The van der Waals surface area contributed by atoms with E-state index < -0.39 is 11.6 Å². The van der Waals surface area contributed by atoms with Crippen molar-refractivity contribution in [1.29, 1.82) is 0 Å². The number of halogens is 3. The molecule has 0 aromatic heterocycles. The SMILES string of the molecule is Cl.O=C(CC1COCCN1)NC1CC(c2cc(F)cc(F)c2)NN1. The van der Waals surface area contributed by atoms with Gasteiger partial charge in [-0.3, -0.25) is 4.79 Å². The lowest BCUT2D eigenvalue weighted by Gasteiger charge is -2.23. The van der Waals surface area contributed by atoms with Crippen LogP contribution in [0.3, 0.4) is 0 Å². The van der Waals surface area contributed by atoms with Gasteiger partial charge in [0.2, 0.25) is 5.91 Å². The third kappa shape index (κ3) is 5.09. The minimum absolute atomic E-state index is 0. The molecule has 2 aliphatic heterocycles. The normalized spacial score (nSPS) is 26.7. The van der Waals surface area contributed by atoms with Gasteiger partial charge in [0.05, 0.1) is 19.4 Å². The lowest BCUT2D eigenvalue weighted by Crippen LogP contribution is -2.48. The molecule has 3 atom stereocenters. The maximum Gasteiger partial charge on any atom is 0.222 e. The summed E-state index contributed by atoms with van der Waals surface area (Å²) in [7, 11) is 0. The van der Waals surface area contributed by atoms with E-state index in [1.54, 1.807) is 0 Å². The molecule has 6 nitrogen and oxygen atoms in total. The number of hydrazine groups is 1. The largest absolute Gasteiger partial charge is 0.378 e. The second-order valence-electron chi connectivity index (χ2n) is 5.83. The van der Waals surface area contributed by atoms with Crippen LogP contribution in [-0.2, 0) is 9.53 Å². The van der Waals surface area contributed by atoms with Crippen LogP contribution in [0.4, 0.5) is 8.78 Å². The minimum atomic E-state index is -0.613. The summed E-state index contributed by atoms with van der Waals surface area (Å²) in [6.07, 6.45) is 0.545. The zero-order chi connectivity index (χ0) is 16.2. The molecule has 1 aromatic carbocycles. The van der Waals surface area contributed by atoms with Crippen molar-refractivity contribution in [1.82, 2.24) is 21.5 Å². The predicted molar refractivity (Wildman–Crippen MR) is 86.4 cm³/mol. The van der Waals surface area contributed by atoms with Crippen molar-refractivity contribution < 1.29 is 18.3 Å². The van der Waals surface area contributed by atoms with Crippen LogP contribution in [0, 0.1) is 11.6 Å². The Morgan fingerprint density at radius 1 is 1.25 bits per heavy atom. The molecule has 2 heterocycles. The van der Waals surface area contributed by atoms with Gasteiger partial charge < -0.3 is 15.4 Å². The summed E-state index contributed by atoms with van der Waals surface area (Å²) in [5, 5.41) is 6.08. The smallest absolute Gasteiger partial charge is 0.222 e. The molecule has 0 spiro atoms. The van der Waals surface area contributed by atoms with E-state index in [0.29, 0.717) is 31.6 Å². The molecule has 1 aromatic rings. The van der Waals surface area contributed by atoms with E-state index in [0.717, 1.165) is 12.6 Å². The highest BCUT2D eigenvalue weighted by Gasteiger charge is 2.27. The van der Waals surface area contributed by atoms with Gasteiger partial charge in [0.15, 0.2) is 0 Å². The van der Waals surface area contributed by atoms with E-state index in [4.69, 9.17) is 4.74 Å². The van der Waals surface area contributed by atoms with Gasteiger partial charge in [0, 0.05) is 37.5 Å². The highest BCUT2D eigenvalue weighted by molar-refractivity contribution is 5.85. The van der Waals surface area contributed by atoms with Gasteiger partial charge in [-0.2, -0.15) is 0 Å². The highest BCUT2D eigenvalue weighted by atomic mass is 35.5. The fraction of sp³-hybridized carbons (Fsp3) is 0.533. The Hall–Kier alpha value is -1.32. The van der Waals surface area contributed by atoms with Gasteiger partial charge in [-0.05, 0) is 17.7 Å². The molecule has 3 unspecified atom stereocenters. The average molecular weight is 363 g/mol. The van der Waals surface area contributed by atoms with Gasteiger partial charge in [-0.25, -0.2) is 19.6 Å². The number of amides is 1. The van der Waals surface area contributed by atoms with Crippen LogP contribution in [0.5, 0.6) is 0 Å². The van der Waals surface area contributed by atoms with E-state index >= 15 is 0 Å². The van der Waals surface area contributed by atoms with Gasteiger partial charge in [0.25, 0.3) is 0 Å². The van der Waals surface area contributed by atoms with Crippen molar-refractivity contribution in [3.8, 4) is 0 Å². The summed E-state index contributed by atoms with van der Waals surface area (Å²) in [5.74, 6) is -1.33. The fourth-order valence-electron chi connectivity index (χ4n) is 2.87. The first kappa shape index (κ1) is 19.0. The number of rotatable bonds is 4. The van der Waals surface area contributed by atoms with Crippen molar-refractivity contribution in [2.75, 3.05) is 19.8 Å². The van der Waals surface area contributed by atoms with Gasteiger partial charge >= 0.3 is 0 Å². The molecule has 2 fully saturated rings. The Morgan fingerprint density at radius 3 is 2.67 bits per heavy atom. The van der Waals surface area contributed by atoms with Gasteiger partial charge in [-0.1, -0.05) is 0 Å². The molecule has 0 saturated carbocycles. The topological polar surface area (TPSA) is 74.4 Å². The molecule has 0 radical (unpaired) electrons. The number of hydrogen-bond donors (Lipinski definition) is 4. The molecule has 1 amide bonds. The lowest BCUT2D eigenvalue weighted by atomic mass is 10.0.